The maximum absolute atomic E-state index is 12.7. The van der Waals surface area contributed by atoms with E-state index in [0.717, 1.165) is 24.2 Å². The van der Waals surface area contributed by atoms with Crippen molar-refractivity contribution >= 4 is 12.0 Å². The first kappa shape index (κ1) is 18.6. The van der Waals surface area contributed by atoms with Gasteiger partial charge in [0.15, 0.2) is 0 Å². The predicted molar refractivity (Wildman–Crippen MR) is 98.3 cm³/mol. The van der Waals surface area contributed by atoms with E-state index < -0.39 is 6.04 Å². The summed E-state index contributed by atoms with van der Waals surface area (Å²) in [5, 5.41) is 19.5. The van der Waals surface area contributed by atoms with Crippen molar-refractivity contribution in [2.45, 2.75) is 24.9 Å². The summed E-state index contributed by atoms with van der Waals surface area (Å²) in [7, 11) is 0. The van der Waals surface area contributed by atoms with Crippen LogP contribution in [-0.4, -0.2) is 72.4 Å². The number of allylic oxidation sites excluding steroid dienone is 1. The summed E-state index contributed by atoms with van der Waals surface area (Å²) >= 11 is 0. The molecular formula is C20H25N3O3. The second-order valence-corrected chi connectivity index (χ2v) is 6.71. The third-order valence-electron chi connectivity index (χ3n) is 5.16. The lowest BCUT2D eigenvalue weighted by atomic mass is 9.75. The fourth-order valence-electron chi connectivity index (χ4n) is 3.80. The van der Waals surface area contributed by atoms with Gasteiger partial charge in [-0.25, -0.2) is 0 Å². The number of hydrogen-bond donors (Lipinski definition) is 1. The molecule has 2 fully saturated rings. The highest BCUT2D eigenvalue weighted by Gasteiger charge is 2.51. The molecule has 0 aromatic heterocycles. The monoisotopic (exact) mass is 355 g/mol. The first-order valence-electron chi connectivity index (χ1n) is 9.04. The molecule has 2 aliphatic heterocycles. The van der Waals surface area contributed by atoms with Crippen LogP contribution in [0, 0.1) is 11.3 Å². The van der Waals surface area contributed by atoms with Crippen LogP contribution in [-0.2, 0) is 9.53 Å². The van der Waals surface area contributed by atoms with Gasteiger partial charge in [-0.05, 0) is 18.1 Å². The number of likely N-dealkylation sites (tertiary alicyclic amines) is 1. The fraction of sp³-hybridized carbons (Fsp3) is 0.500. The molecule has 3 rings (SSSR count). The van der Waals surface area contributed by atoms with Crippen LogP contribution in [0.15, 0.2) is 30.3 Å². The van der Waals surface area contributed by atoms with Gasteiger partial charge in [-0.3, -0.25) is 9.69 Å². The molecule has 6 heteroatoms. The van der Waals surface area contributed by atoms with E-state index in [2.05, 4.69) is 6.07 Å². The molecule has 1 aromatic carbocycles. The van der Waals surface area contributed by atoms with Gasteiger partial charge in [-0.1, -0.05) is 36.4 Å². The lowest BCUT2D eigenvalue weighted by Gasteiger charge is -2.52. The van der Waals surface area contributed by atoms with E-state index in [1.165, 1.54) is 0 Å². The Labute approximate surface area is 154 Å². The van der Waals surface area contributed by atoms with Gasteiger partial charge in [0.05, 0.1) is 38.5 Å². The smallest absolute Gasteiger partial charge is 0.238 e. The molecular weight excluding hydrogens is 330 g/mol. The number of nitriles is 1. The van der Waals surface area contributed by atoms with Crippen LogP contribution in [0.3, 0.4) is 0 Å². The number of amides is 1. The van der Waals surface area contributed by atoms with Gasteiger partial charge in [0.25, 0.3) is 0 Å². The van der Waals surface area contributed by atoms with Crippen LogP contribution in [0.5, 0.6) is 0 Å². The highest BCUT2D eigenvalue weighted by molar-refractivity contribution is 5.81. The van der Waals surface area contributed by atoms with Gasteiger partial charge in [-0.2, -0.15) is 5.26 Å². The van der Waals surface area contributed by atoms with Gasteiger partial charge < -0.3 is 14.7 Å². The van der Waals surface area contributed by atoms with Crippen LogP contribution in [0.25, 0.3) is 6.08 Å². The number of carbonyl (C=O) groups excluding carboxylic acids is 1. The second-order valence-electron chi connectivity index (χ2n) is 6.71. The molecule has 0 spiro atoms. The number of ether oxygens (including phenoxy) is 1. The molecule has 26 heavy (non-hydrogen) atoms. The molecule has 0 unspecified atom stereocenters. The van der Waals surface area contributed by atoms with E-state index in [9.17, 15) is 15.2 Å². The first-order valence-corrected chi connectivity index (χ1v) is 9.04. The van der Waals surface area contributed by atoms with Gasteiger partial charge >= 0.3 is 0 Å². The molecule has 3 atom stereocenters. The van der Waals surface area contributed by atoms with Crippen LogP contribution in [0.4, 0.5) is 0 Å². The van der Waals surface area contributed by atoms with Gasteiger partial charge in [0.1, 0.15) is 6.04 Å². The van der Waals surface area contributed by atoms with E-state index in [1.54, 1.807) is 4.90 Å². The number of benzene rings is 1. The maximum Gasteiger partial charge on any atom is 0.238 e. The summed E-state index contributed by atoms with van der Waals surface area (Å²) in [5.41, 5.74) is 2.07. The summed E-state index contributed by atoms with van der Waals surface area (Å²) in [5.74, 6) is -0.252. The molecule has 1 amide bonds. The average Bonchev–Trinajstić information content (AvgIpc) is 2.64. The number of nitrogens with zero attached hydrogens (tertiary/aromatic N) is 3. The topological polar surface area (TPSA) is 76.8 Å². The summed E-state index contributed by atoms with van der Waals surface area (Å²) in [6.45, 7) is 4.77. The van der Waals surface area contributed by atoms with Crippen molar-refractivity contribution in [3.05, 3.63) is 41.5 Å². The zero-order valence-corrected chi connectivity index (χ0v) is 15.0. The van der Waals surface area contributed by atoms with Crippen LogP contribution < -0.4 is 0 Å². The molecule has 0 radical (unpaired) electrons. The number of aliphatic hydroxyl groups excluding tert-OH is 1. The number of aliphatic hydroxyl groups is 1. The van der Waals surface area contributed by atoms with Crippen molar-refractivity contribution in [2.75, 3.05) is 39.5 Å². The molecule has 2 aliphatic rings. The summed E-state index contributed by atoms with van der Waals surface area (Å²) in [4.78, 5) is 16.3. The maximum atomic E-state index is 12.7. The quantitative estimate of drug-likeness (QED) is 0.860. The summed E-state index contributed by atoms with van der Waals surface area (Å²) in [6, 6.07) is 9.34. The minimum Gasteiger partial charge on any atom is -0.394 e. The second kappa shape index (κ2) is 8.45. The SMILES string of the molecule is C/C=C/c1ccc([C@@H]2[C@H](C#N)N(C(=O)CN3CCOCC3)[C@H]2CO)cc1. The third-order valence-corrected chi connectivity index (χ3v) is 5.16. The molecule has 1 aromatic rings. The van der Waals surface area contributed by atoms with Crippen LogP contribution in [0.2, 0.25) is 0 Å². The molecule has 6 nitrogen and oxygen atoms in total. The van der Waals surface area contributed by atoms with E-state index in [4.69, 9.17) is 4.74 Å². The van der Waals surface area contributed by atoms with E-state index in [-0.39, 0.29) is 31.0 Å². The Morgan fingerprint density at radius 1 is 1.35 bits per heavy atom. The highest BCUT2D eigenvalue weighted by atomic mass is 16.5. The molecule has 0 aliphatic carbocycles. The van der Waals surface area contributed by atoms with E-state index in [0.29, 0.717) is 13.2 Å². The van der Waals surface area contributed by atoms with Crippen molar-refractivity contribution in [1.29, 1.82) is 5.26 Å². The summed E-state index contributed by atoms with van der Waals surface area (Å²) < 4.78 is 5.30. The Kier molecular flexibility index (Phi) is 6.04. The normalized spacial score (nSPS) is 26.5. The van der Waals surface area contributed by atoms with Gasteiger partial charge in [0, 0.05) is 19.0 Å². The lowest BCUT2D eigenvalue weighted by molar-refractivity contribution is -0.149. The molecule has 2 saturated heterocycles. The standard InChI is InChI=1S/C20H25N3O3/c1-2-3-15-4-6-16(7-5-15)20-17(12-21)23(18(20)14-24)19(25)13-22-8-10-26-11-9-22/h2-7,17-18,20,24H,8-11,13-14H2,1H3/b3-2+/t17-,18-,20+/m0/s1. The number of rotatable bonds is 5. The first-order chi connectivity index (χ1) is 12.7. The van der Waals surface area contributed by atoms with Crippen molar-refractivity contribution in [1.82, 2.24) is 9.80 Å². The fourth-order valence-corrected chi connectivity index (χ4v) is 3.80. The minimum atomic E-state index is -0.534. The number of morpholine rings is 1. The average molecular weight is 355 g/mol. The van der Waals surface area contributed by atoms with Crippen molar-refractivity contribution in [2.24, 2.45) is 0 Å². The Morgan fingerprint density at radius 2 is 2.04 bits per heavy atom. The molecule has 2 heterocycles. The van der Waals surface area contributed by atoms with Crippen LogP contribution in [0.1, 0.15) is 24.0 Å². The summed E-state index contributed by atoms with van der Waals surface area (Å²) in [6.07, 6.45) is 3.98. The number of carbonyl (C=O) groups is 1. The Morgan fingerprint density at radius 3 is 2.62 bits per heavy atom. The van der Waals surface area contributed by atoms with E-state index in [1.807, 2.05) is 48.2 Å². The Bertz CT molecular complexity index is 689. The molecule has 0 saturated carbocycles. The zero-order valence-electron chi connectivity index (χ0n) is 15.0. The number of hydrogen-bond acceptors (Lipinski definition) is 5. The largest absolute Gasteiger partial charge is 0.394 e. The minimum absolute atomic E-state index is 0.0979. The Hall–Kier alpha value is -2.20. The molecule has 138 valence electrons. The predicted octanol–water partition coefficient (Wildman–Crippen LogP) is 1.23. The highest BCUT2D eigenvalue weighted by Crippen LogP contribution is 2.40. The molecule has 1 N–H and O–H groups in total. The van der Waals surface area contributed by atoms with Crippen molar-refractivity contribution in [3.8, 4) is 6.07 Å². The molecule has 0 bridgehead atoms. The van der Waals surface area contributed by atoms with E-state index >= 15 is 0 Å². The lowest BCUT2D eigenvalue weighted by Crippen LogP contribution is -2.66. The van der Waals surface area contributed by atoms with Gasteiger partial charge in [-0.15, -0.1) is 0 Å². The zero-order chi connectivity index (χ0) is 18.5. The van der Waals surface area contributed by atoms with Crippen molar-refractivity contribution < 1.29 is 14.6 Å². The van der Waals surface area contributed by atoms with Crippen LogP contribution >= 0.6 is 0 Å². The Balaban J connectivity index is 1.72. The third kappa shape index (κ3) is 3.65. The van der Waals surface area contributed by atoms with Gasteiger partial charge in [0.2, 0.25) is 5.91 Å². The van der Waals surface area contributed by atoms with Crippen molar-refractivity contribution in [3.63, 3.8) is 0 Å².